The van der Waals surface area contributed by atoms with E-state index < -0.39 is 0 Å². The number of nitrogens with one attached hydrogen (secondary N) is 1. The minimum absolute atomic E-state index is 0.245. The van der Waals surface area contributed by atoms with E-state index in [0.717, 1.165) is 11.3 Å². The van der Waals surface area contributed by atoms with Crippen LogP contribution in [0.2, 0.25) is 0 Å². The quantitative estimate of drug-likeness (QED) is 0.790. The van der Waals surface area contributed by atoms with E-state index >= 15 is 0 Å². The van der Waals surface area contributed by atoms with Gasteiger partial charge >= 0.3 is 0 Å². The summed E-state index contributed by atoms with van der Waals surface area (Å²) in [5, 5.41) is 12.9. The zero-order valence-corrected chi connectivity index (χ0v) is 11.1. The smallest absolute Gasteiger partial charge is 0.118 e. The van der Waals surface area contributed by atoms with Crippen molar-refractivity contribution >= 4 is 5.69 Å². The van der Waals surface area contributed by atoms with Gasteiger partial charge in [0.15, 0.2) is 0 Å². The molecule has 2 heteroatoms. The maximum absolute atomic E-state index is 9.50. The highest BCUT2D eigenvalue weighted by atomic mass is 16.3. The van der Waals surface area contributed by atoms with Crippen molar-refractivity contribution in [3.05, 3.63) is 59.2 Å². The molecule has 0 saturated heterocycles. The average molecular weight is 241 g/mol. The maximum atomic E-state index is 9.50. The van der Waals surface area contributed by atoms with Gasteiger partial charge in [0.25, 0.3) is 0 Å². The minimum Gasteiger partial charge on any atom is -0.508 e. The van der Waals surface area contributed by atoms with E-state index in [0.29, 0.717) is 5.75 Å². The van der Waals surface area contributed by atoms with Gasteiger partial charge in [0.2, 0.25) is 0 Å². The molecule has 0 aliphatic carbocycles. The Hall–Kier alpha value is -1.96. The lowest BCUT2D eigenvalue weighted by Gasteiger charge is -2.16. The van der Waals surface area contributed by atoms with E-state index in [1.165, 1.54) is 11.1 Å². The molecule has 0 amide bonds. The molecule has 2 N–H and O–H groups in total. The maximum Gasteiger partial charge on any atom is 0.118 e. The fourth-order valence-corrected chi connectivity index (χ4v) is 1.93. The topological polar surface area (TPSA) is 32.3 Å². The minimum atomic E-state index is 0.245. The molecule has 0 aromatic heterocycles. The van der Waals surface area contributed by atoms with Gasteiger partial charge in [-0.1, -0.05) is 29.8 Å². The predicted octanol–water partition coefficient (Wildman–Crippen LogP) is 4.18. The molecule has 2 aromatic rings. The Bertz CT molecular complexity index is 531. The van der Waals surface area contributed by atoms with Crippen LogP contribution >= 0.6 is 0 Å². The number of hydrogen-bond donors (Lipinski definition) is 2. The Kier molecular flexibility index (Phi) is 3.56. The number of hydrogen-bond acceptors (Lipinski definition) is 2. The van der Waals surface area contributed by atoms with Gasteiger partial charge < -0.3 is 10.4 Å². The van der Waals surface area contributed by atoms with Crippen LogP contribution in [0.5, 0.6) is 5.75 Å². The van der Waals surface area contributed by atoms with Gasteiger partial charge in [-0.15, -0.1) is 0 Å². The van der Waals surface area contributed by atoms with Crippen molar-refractivity contribution in [2.24, 2.45) is 0 Å². The molecular formula is C16H19NO. The van der Waals surface area contributed by atoms with Crippen molar-refractivity contribution in [1.29, 1.82) is 0 Å². The number of aromatic hydroxyl groups is 1. The molecular weight excluding hydrogens is 222 g/mol. The average Bonchev–Trinajstić information content (AvgIpc) is 2.34. The van der Waals surface area contributed by atoms with Gasteiger partial charge in [-0.05, 0) is 50.1 Å². The van der Waals surface area contributed by atoms with Gasteiger partial charge in [0.1, 0.15) is 5.75 Å². The number of phenolic OH excluding ortho intramolecular Hbond substituents is 1. The third kappa shape index (κ3) is 2.83. The molecule has 0 bridgehead atoms. The largest absolute Gasteiger partial charge is 0.508 e. The summed E-state index contributed by atoms with van der Waals surface area (Å²) in [6.07, 6.45) is 0. The van der Waals surface area contributed by atoms with E-state index in [-0.39, 0.29) is 6.04 Å². The Balaban J connectivity index is 2.13. The van der Waals surface area contributed by atoms with Gasteiger partial charge in [0.05, 0.1) is 0 Å². The fourth-order valence-electron chi connectivity index (χ4n) is 1.93. The Morgan fingerprint density at radius 3 is 2.28 bits per heavy atom. The molecule has 1 atom stereocenters. The van der Waals surface area contributed by atoms with Gasteiger partial charge in [-0.25, -0.2) is 0 Å². The normalized spacial score (nSPS) is 12.2. The Labute approximate surface area is 108 Å². The van der Waals surface area contributed by atoms with E-state index in [1.807, 2.05) is 19.1 Å². The van der Waals surface area contributed by atoms with Crippen molar-refractivity contribution in [2.45, 2.75) is 26.8 Å². The third-order valence-corrected chi connectivity index (χ3v) is 3.16. The molecule has 0 saturated carbocycles. The molecule has 0 fully saturated rings. The summed E-state index contributed by atoms with van der Waals surface area (Å²) in [7, 11) is 0. The van der Waals surface area contributed by atoms with Gasteiger partial charge in [-0.2, -0.15) is 0 Å². The van der Waals surface area contributed by atoms with Crippen LogP contribution in [0.4, 0.5) is 5.69 Å². The van der Waals surface area contributed by atoms with Crippen LogP contribution in [-0.2, 0) is 0 Å². The predicted molar refractivity (Wildman–Crippen MR) is 76.1 cm³/mol. The second kappa shape index (κ2) is 5.13. The number of benzene rings is 2. The summed E-state index contributed by atoms with van der Waals surface area (Å²) < 4.78 is 0. The summed E-state index contributed by atoms with van der Waals surface area (Å²) >= 11 is 0. The van der Waals surface area contributed by atoms with E-state index in [1.54, 1.807) is 6.07 Å². The van der Waals surface area contributed by atoms with Crippen LogP contribution in [0.15, 0.2) is 42.5 Å². The van der Waals surface area contributed by atoms with Crippen molar-refractivity contribution in [3.63, 3.8) is 0 Å². The molecule has 2 nitrogen and oxygen atoms in total. The monoisotopic (exact) mass is 241 g/mol. The van der Waals surface area contributed by atoms with Crippen LogP contribution in [0.25, 0.3) is 0 Å². The molecule has 2 aromatic carbocycles. The molecule has 0 aliphatic rings. The lowest BCUT2D eigenvalue weighted by Crippen LogP contribution is -2.06. The zero-order chi connectivity index (χ0) is 13.1. The molecule has 0 spiro atoms. The zero-order valence-electron chi connectivity index (χ0n) is 11.1. The highest BCUT2D eigenvalue weighted by molar-refractivity contribution is 5.51. The van der Waals surface area contributed by atoms with Crippen molar-refractivity contribution < 1.29 is 5.11 Å². The van der Waals surface area contributed by atoms with Crippen LogP contribution in [0, 0.1) is 13.8 Å². The molecule has 0 aliphatic heterocycles. The van der Waals surface area contributed by atoms with Gasteiger partial charge in [-0.3, -0.25) is 0 Å². The van der Waals surface area contributed by atoms with E-state index in [4.69, 9.17) is 0 Å². The Morgan fingerprint density at radius 2 is 1.67 bits per heavy atom. The Morgan fingerprint density at radius 1 is 1.00 bits per heavy atom. The SMILES string of the molecule is Cc1ccc(C(C)Nc2ccc(O)c(C)c2)cc1. The molecule has 1 unspecified atom stereocenters. The third-order valence-electron chi connectivity index (χ3n) is 3.16. The van der Waals surface area contributed by atoms with Crippen LogP contribution in [-0.4, -0.2) is 5.11 Å². The number of anilines is 1. The first kappa shape index (κ1) is 12.5. The number of aryl methyl sites for hydroxylation is 2. The first-order valence-electron chi connectivity index (χ1n) is 6.19. The van der Waals surface area contributed by atoms with Crippen molar-refractivity contribution in [3.8, 4) is 5.75 Å². The second-order valence-electron chi connectivity index (χ2n) is 4.78. The van der Waals surface area contributed by atoms with Gasteiger partial charge in [0, 0.05) is 11.7 Å². The summed E-state index contributed by atoms with van der Waals surface area (Å²) in [5.74, 6) is 0.337. The van der Waals surface area contributed by atoms with Crippen LogP contribution in [0.1, 0.15) is 29.7 Å². The van der Waals surface area contributed by atoms with Crippen LogP contribution < -0.4 is 5.32 Å². The number of rotatable bonds is 3. The lowest BCUT2D eigenvalue weighted by atomic mass is 10.1. The molecule has 0 radical (unpaired) electrons. The summed E-state index contributed by atoms with van der Waals surface area (Å²) in [5.41, 5.74) is 4.44. The second-order valence-corrected chi connectivity index (χ2v) is 4.78. The highest BCUT2D eigenvalue weighted by Crippen LogP contribution is 2.24. The van der Waals surface area contributed by atoms with E-state index in [9.17, 15) is 5.11 Å². The molecule has 94 valence electrons. The molecule has 2 rings (SSSR count). The summed E-state index contributed by atoms with van der Waals surface area (Å²) in [6.45, 7) is 6.12. The van der Waals surface area contributed by atoms with E-state index in [2.05, 4.69) is 43.4 Å². The van der Waals surface area contributed by atoms with Crippen molar-refractivity contribution in [2.75, 3.05) is 5.32 Å². The summed E-state index contributed by atoms with van der Waals surface area (Å²) in [4.78, 5) is 0. The lowest BCUT2D eigenvalue weighted by molar-refractivity contribution is 0.471. The molecule has 0 heterocycles. The first-order valence-corrected chi connectivity index (χ1v) is 6.19. The van der Waals surface area contributed by atoms with Crippen LogP contribution in [0.3, 0.4) is 0 Å². The standard InChI is InChI=1S/C16H19NO/c1-11-4-6-14(7-5-11)13(3)17-15-8-9-16(18)12(2)10-15/h4-10,13,17-18H,1-3H3. The fraction of sp³-hybridized carbons (Fsp3) is 0.250. The van der Waals surface area contributed by atoms with Crippen molar-refractivity contribution in [1.82, 2.24) is 0 Å². The summed E-state index contributed by atoms with van der Waals surface area (Å²) in [6, 6.07) is 14.3. The first-order chi connectivity index (χ1) is 8.56. The molecule has 18 heavy (non-hydrogen) atoms. The number of phenols is 1. The highest BCUT2D eigenvalue weighted by Gasteiger charge is 2.05.